The van der Waals surface area contributed by atoms with Crippen molar-refractivity contribution in [3.05, 3.63) is 64.7 Å². The number of hydrogen-bond donors (Lipinski definition) is 2. The van der Waals surface area contributed by atoms with Crippen molar-refractivity contribution < 1.29 is 9.47 Å². The van der Waals surface area contributed by atoms with Crippen LogP contribution in [0.2, 0.25) is 0 Å². The van der Waals surface area contributed by atoms with E-state index in [9.17, 15) is 0 Å². The van der Waals surface area contributed by atoms with E-state index in [0.29, 0.717) is 5.11 Å². The molecular formula is C20H20N2O2S. The van der Waals surface area contributed by atoms with Gasteiger partial charge in [0.05, 0.1) is 20.3 Å². The third-order valence-electron chi connectivity index (χ3n) is 4.90. The van der Waals surface area contributed by atoms with Gasteiger partial charge in [-0.1, -0.05) is 30.3 Å². The third kappa shape index (κ3) is 2.65. The van der Waals surface area contributed by atoms with Gasteiger partial charge in [-0.15, -0.1) is 0 Å². The summed E-state index contributed by atoms with van der Waals surface area (Å²) in [5.74, 6) is 1.80. The molecule has 0 saturated heterocycles. The minimum absolute atomic E-state index is 0.0132. The Balaban J connectivity index is 1.87. The van der Waals surface area contributed by atoms with Crippen LogP contribution in [0.4, 0.5) is 0 Å². The van der Waals surface area contributed by atoms with Crippen molar-refractivity contribution in [2.45, 2.75) is 18.9 Å². The minimum atomic E-state index is 0.0132. The van der Waals surface area contributed by atoms with Gasteiger partial charge in [0.15, 0.2) is 5.11 Å². The number of fused-ring (bicyclic) bond motifs is 2. The summed E-state index contributed by atoms with van der Waals surface area (Å²) in [7, 11) is 3.42. The zero-order valence-electron chi connectivity index (χ0n) is 14.3. The van der Waals surface area contributed by atoms with E-state index < -0.39 is 0 Å². The maximum Gasteiger partial charge on any atom is 0.171 e. The Morgan fingerprint density at radius 2 is 1.72 bits per heavy atom. The Bertz CT molecular complexity index is 876. The summed E-state index contributed by atoms with van der Waals surface area (Å²) in [6.45, 7) is 0. The Kier molecular flexibility index (Phi) is 4.09. The lowest BCUT2D eigenvalue weighted by atomic mass is 9.82. The molecule has 2 aromatic carbocycles. The second-order valence-electron chi connectivity index (χ2n) is 6.16. The lowest BCUT2D eigenvalue weighted by Crippen LogP contribution is -2.44. The molecular weight excluding hydrogens is 332 g/mol. The van der Waals surface area contributed by atoms with E-state index in [1.807, 2.05) is 30.3 Å². The van der Waals surface area contributed by atoms with Crippen LogP contribution in [0.1, 0.15) is 29.2 Å². The van der Waals surface area contributed by atoms with Gasteiger partial charge in [0.1, 0.15) is 11.5 Å². The smallest absolute Gasteiger partial charge is 0.171 e. The number of methoxy groups -OCH3 is 2. The molecule has 1 aliphatic heterocycles. The molecule has 0 spiro atoms. The molecule has 0 aromatic heterocycles. The highest BCUT2D eigenvalue weighted by atomic mass is 32.1. The Hall–Kier alpha value is -2.53. The minimum Gasteiger partial charge on any atom is -0.496 e. The second kappa shape index (κ2) is 6.41. The van der Waals surface area contributed by atoms with Crippen LogP contribution in [0.3, 0.4) is 0 Å². The van der Waals surface area contributed by atoms with Crippen LogP contribution in [0.25, 0.3) is 5.70 Å². The molecule has 2 aromatic rings. The quantitative estimate of drug-likeness (QED) is 0.827. The van der Waals surface area contributed by atoms with Crippen LogP contribution in [0, 0.1) is 0 Å². The highest BCUT2D eigenvalue weighted by Crippen LogP contribution is 2.43. The maximum absolute atomic E-state index is 5.57. The molecule has 4 nitrogen and oxygen atoms in total. The number of ether oxygens (including phenoxy) is 2. The standard InChI is InChI=1S/C20H20N2O2S/c1-23-16-9-5-7-13-12(16)10-11-15-18(13)21-20(25)22-19(15)14-6-3-4-8-17(14)24-2/h3-9,19H,10-11H2,1-2H3,(H2,21,22,25). The first-order chi connectivity index (χ1) is 12.2. The van der Waals surface area contributed by atoms with Crippen LogP contribution < -0.4 is 20.1 Å². The molecule has 1 unspecified atom stereocenters. The van der Waals surface area contributed by atoms with Crippen molar-refractivity contribution in [3.63, 3.8) is 0 Å². The first kappa shape index (κ1) is 16.0. The molecule has 4 rings (SSSR count). The average molecular weight is 352 g/mol. The van der Waals surface area contributed by atoms with Gasteiger partial charge < -0.3 is 20.1 Å². The van der Waals surface area contributed by atoms with E-state index in [0.717, 1.165) is 35.6 Å². The van der Waals surface area contributed by atoms with Crippen LogP contribution in [-0.2, 0) is 6.42 Å². The normalized spacial score (nSPS) is 18.6. The van der Waals surface area contributed by atoms with Gasteiger partial charge in [-0.3, -0.25) is 0 Å². The number of thiocarbonyl (C=S) groups is 1. The molecule has 0 amide bonds. The Labute approximate surface area is 152 Å². The average Bonchev–Trinajstić information content (AvgIpc) is 2.66. The summed E-state index contributed by atoms with van der Waals surface area (Å²) in [6, 6.07) is 14.3. The SMILES string of the molecule is COc1ccccc1C1NC(=S)NC2=C1CCc1c(OC)cccc12. The highest BCUT2D eigenvalue weighted by Gasteiger charge is 2.33. The lowest BCUT2D eigenvalue weighted by molar-refractivity contribution is 0.404. The Morgan fingerprint density at radius 1 is 0.960 bits per heavy atom. The van der Waals surface area contributed by atoms with Crippen molar-refractivity contribution >= 4 is 23.0 Å². The van der Waals surface area contributed by atoms with E-state index in [1.54, 1.807) is 14.2 Å². The van der Waals surface area contributed by atoms with Crippen molar-refractivity contribution in [2.24, 2.45) is 0 Å². The molecule has 0 bridgehead atoms. The van der Waals surface area contributed by atoms with Crippen LogP contribution in [0.15, 0.2) is 48.0 Å². The van der Waals surface area contributed by atoms with Crippen LogP contribution >= 0.6 is 12.2 Å². The van der Waals surface area contributed by atoms with E-state index in [2.05, 4.69) is 22.8 Å². The fourth-order valence-electron chi connectivity index (χ4n) is 3.78. The molecule has 0 fully saturated rings. The molecule has 1 atom stereocenters. The van der Waals surface area contributed by atoms with Gasteiger partial charge in [-0.25, -0.2) is 0 Å². The first-order valence-electron chi connectivity index (χ1n) is 8.32. The van der Waals surface area contributed by atoms with Crippen LogP contribution in [0.5, 0.6) is 11.5 Å². The summed E-state index contributed by atoms with van der Waals surface area (Å²) in [5.41, 5.74) is 5.91. The molecule has 0 saturated carbocycles. The second-order valence-corrected chi connectivity index (χ2v) is 6.57. The van der Waals surface area contributed by atoms with Gasteiger partial charge in [-0.2, -0.15) is 0 Å². The first-order valence-corrected chi connectivity index (χ1v) is 8.73. The molecule has 128 valence electrons. The number of nitrogens with one attached hydrogen (secondary N) is 2. The molecule has 25 heavy (non-hydrogen) atoms. The number of hydrogen-bond acceptors (Lipinski definition) is 3. The summed E-state index contributed by atoms with van der Waals surface area (Å²) in [5, 5.41) is 7.41. The molecule has 2 aliphatic rings. The molecule has 0 radical (unpaired) electrons. The summed E-state index contributed by atoms with van der Waals surface area (Å²) < 4.78 is 11.1. The highest BCUT2D eigenvalue weighted by molar-refractivity contribution is 7.80. The van der Waals surface area contributed by atoms with E-state index >= 15 is 0 Å². The third-order valence-corrected chi connectivity index (χ3v) is 5.12. The lowest BCUT2D eigenvalue weighted by Gasteiger charge is -2.36. The predicted molar refractivity (Wildman–Crippen MR) is 103 cm³/mol. The monoisotopic (exact) mass is 352 g/mol. The van der Waals surface area contributed by atoms with Crippen molar-refractivity contribution in [1.29, 1.82) is 0 Å². The van der Waals surface area contributed by atoms with Gasteiger partial charge in [0, 0.05) is 22.4 Å². The summed E-state index contributed by atoms with van der Waals surface area (Å²) >= 11 is 5.49. The van der Waals surface area contributed by atoms with E-state index in [1.165, 1.54) is 16.7 Å². The van der Waals surface area contributed by atoms with Crippen molar-refractivity contribution in [2.75, 3.05) is 14.2 Å². The molecule has 1 aliphatic carbocycles. The number of rotatable bonds is 3. The largest absolute Gasteiger partial charge is 0.496 e. The zero-order chi connectivity index (χ0) is 17.4. The van der Waals surface area contributed by atoms with E-state index in [4.69, 9.17) is 21.7 Å². The van der Waals surface area contributed by atoms with Gasteiger partial charge in [0.2, 0.25) is 0 Å². The number of para-hydroxylation sites is 1. The molecule has 1 heterocycles. The predicted octanol–water partition coefficient (Wildman–Crippen LogP) is 3.58. The maximum atomic E-state index is 5.57. The fraction of sp³-hybridized carbons (Fsp3) is 0.250. The topological polar surface area (TPSA) is 42.5 Å². The van der Waals surface area contributed by atoms with Gasteiger partial charge in [-0.05, 0) is 42.8 Å². The fourth-order valence-corrected chi connectivity index (χ4v) is 4.00. The molecule has 2 N–H and O–H groups in total. The van der Waals surface area contributed by atoms with Gasteiger partial charge in [0.25, 0.3) is 0 Å². The zero-order valence-corrected chi connectivity index (χ0v) is 15.1. The van der Waals surface area contributed by atoms with Crippen LogP contribution in [-0.4, -0.2) is 19.3 Å². The van der Waals surface area contributed by atoms with Gasteiger partial charge >= 0.3 is 0 Å². The van der Waals surface area contributed by atoms with Crippen molar-refractivity contribution in [3.8, 4) is 11.5 Å². The summed E-state index contributed by atoms with van der Waals surface area (Å²) in [4.78, 5) is 0. The summed E-state index contributed by atoms with van der Waals surface area (Å²) in [6.07, 6.45) is 1.88. The van der Waals surface area contributed by atoms with E-state index in [-0.39, 0.29) is 6.04 Å². The Morgan fingerprint density at radius 3 is 2.52 bits per heavy atom. The number of benzene rings is 2. The molecule has 5 heteroatoms. The van der Waals surface area contributed by atoms with Crippen molar-refractivity contribution in [1.82, 2.24) is 10.6 Å².